The van der Waals surface area contributed by atoms with Crippen molar-refractivity contribution in [1.29, 1.82) is 0 Å². The Morgan fingerprint density at radius 1 is 1.09 bits per heavy atom. The Bertz CT molecular complexity index is 508. The molecule has 1 aromatic carbocycles. The zero-order chi connectivity index (χ0) is 16.9. The highest BCUT2D eigenvalue weighted by molar-refractivity contribution is 8.13. The third-order valence-electron chi connectivity index (χ3n) is 2.81. The van der Waals surface area contributed by atoms with E-state index in [1.165, 1.54) is 11.8 Å². The molecule has 0 bridgehead atoms. The van der Waals surface area contributed by atoms with Gasteiger partial charge in [0.05, 0.1) is 0 Å². The molecule has 1 aromatic rings. The number of alkyl carbamates (subject to hydrolysis) is 1. The lowest BCUT2D eigenvalue weighted by Crippen LogP contribution is -2.32. The van der Waals surface area contributed by atoms with Crippen LogP contribution in [0.3, 0.4) is 0 Å². The molecule has 0 saturated carbocycles. The second kappa shape index (κ2) is 11.5. The minimum absolute atomic E-state index is 0.113. The molecule has 0 aliphatic heterocycles. The van der Waals surface area contributed by atoms with E-state index in [1.807, 2.05) is 30.3 Å². The highest BCUT2D eigenvalue weighted by Gasteiger charge is 2.05. The minimum atomic E-state index is -0.550. The summed E-state index contributed by atoms with van der Waals surface area (Å²) in [6.07, 6.45) is 0.117. The Kier molecular flexibility index (Phi) is 9.54. The van der Waals surface area contributed by atoms with Gasteiger partial charge in [-0.2, -0.15) is 0 Å². The number of benzene rings is 1. The number of hydrogen-bond donors (Lipinski definition) is 2. The van der Waals surface area contributed by atoms with Crippen molar-refractivity contribution in [2.45, 2.75) is 26.4 Å². The number of carbonyl (C=O) groups is 3. The molecule has 7 heteroatoms. The summed E-state index contributed by atoms with van der Waals surface area (Å²) < 4.78 is 5.02. The van der Waals surface area contributed by atoms with Crippen LogP contribution < -0.4 is 10.6 Å². The average Bonchev–Trinajstić information content (AvgIpc) is 2.57. The van der Waals surface area contributed by atoms with E-state index < -0.39 is 6.09 Å². The van der Waals surface area contributed by atoms with Gasteiger partial charge in [0, 0.05) is 31.7 Å². The monoisotopic (exact) mass is 338 g/mol. The zero-order valence-corrected chi connectivity index (χ0v) is 14.0. The number of carbonyl (C=O) groups excluding carboxylic acids is 3. The van der Waals surface area contributed by atoms with Gasteiger partial charge < -0.3 is 15.4 Å². The van der Waals surface area contributed by atoms with Crippen LogP contribution in [-0.4, -0.2) is 36.0 Å². The third-order valence-corrected chi connectivity index (χ3v) is 3.83. The molecule has 0 fully saturated rings. The van der Waals surface area contributed by atoms with Gasteiger partial charge >= 0.3 is 6.09 Å². The van der Waals surface area contributed by atoms with Gasteiger partial charge in [-0.1, -0.05) is 49.0 Å². The number of nitrogens with one attached hydrogen (secondary N) is 2. The number of thioether (sulfide) groups is 1. The third kappa shape index (κ3) is 9.57. The van der Waals surface area contributed by atoms with Crippen LogP contribution in [0.25, 0.3) is 0 Å². The fourth-order valence-electron chi connectivity index (χ4n) is 1.60. The molecule has 2 amide bonds. The molecule has 0 saturated heterocycles. The molecule has 0 heterocycles. The zero-order valence-electron chi connectivity index (χ0n) is 13.2. The predicted molar refractivity (Wildman–Crippen MR) is 90.0 cm³/mol. The van der Waals surface area contributed by atoms with Crippen LogP contribution in [0.1, 0.15) is 25.3 Å². The van der Waals surface area contributed by atoms with Crippen LogP contribution in [-0.2, 0) is 20.9 Å². The summed E-state index contributed by atoms with van der Waals surface area (Å²) in [5.74, 6) is 0.392. The summed E-state index contributed by atoms with van der Waals surface area (Å²) in [6, 6.07) is 9.35. The van der Waals surface area contributed by atoms with Crippen LogP contribution in [0.15, 0.2) is 30.3 Å². The van der Waals surface area contributed by atoms with Crippen molar-refractivity contribution < 1.29 is 19.1 Å². The van der Waals surface area contributed by atoms with E-state index in [0.29, 0.717) is 18.7 Å². The fourth-order valence-corrected chi connectivity index (χ4v) is 2.23. The quantitative estimate of drug-likeness (QED) is 0.674. The highest BCUT2D eigenvalue weighted by atomic mass is 32.2. The Morgan fingerprint density at radius 3 is 2.52 bits per heavy atom. The molecule has 23 heavy (non-hydrogen) atoms. The molecule has 126 valence electrons. The van der Waals surface area contributed by atoms with Crippen molar-refractivity contribution in [1.82, 2.24) is 10.6 Å². The second-order valence-corrected chi connectivity index (χ2v) is 5.81. The van der Waals surface area contributed by atoms with E-state index in [0.717, 1.165) is 5.56 Å². The van der Waals surface area contributed by atoms with Crippen molar-refractivity contribution in [2.24, 2.45) is 0 Å². The molecule has 0 aliphatic carbocycles. The summed E-state index contributed by atoms with van der Waals surface area (Å²) >= 11 is 1.21. The lowest BCUT2D eigenvalue weighted by atomic mass is 10.2. The Morgan fingerprint density at radius 2 is 1.83 bits per heavy atom. The van der Waals surface area contributed by atoms with E-state index in [4.69, 9.17) is 4.74 Å². The molecular formula is C16H22N2O4S. The lowest BCUT2D eigenvalue weighted by Gasteiger charge is -2.07. The summed E-state index contributed by atoms with van der Waals surface area (Å²) in [5.41, 5.74) is 0.902. The maximum absolute atomic E-state index is 11.5. The van der Waals surface area contributed by atoms with E-state index in [-0.39, 0.29) is 30.6 Å². The van der Waals surface area contributed by atoms with Crippen molar-refractivity contribution in [3.8, 4) is 0 Å². The second-order valence-electron chi connectivity index (χ2n) is 4.66. The van der Waals surface area contributed by atoms with Gasteiger partial charge in [0.15, 0.2) is 5.12 Å². The first-order valence-corrected chi connectivity index (χ1v) is 8.47. The first-order valence-electron chi connectivity index (χ1n) is 7.48. The molecule has 0 spiro atoms. The molecule has 0 radical (unpaired) electrons. The summed E-state index contributed by atoms with van der Waals surface area (Å²) in [4.78, 5) is 34.0. The Hall–Kier alpha value is -2.02. The van der Waals surface area contributed by atoms with Crippen molar-refractivity contribution in [2.75, 3.05) is 18.8 Å². The van der Waals surface area contributed by atoms with E-state index in [9.17, 15) is 14.4 Å². The largest absolute Gasteiger partial charge is 0.445 e. The summed E-state index contributed by atoms with van der Waals surface area (Å²) in [6.45, 7) is 2.65. The van der Waals surface area contributed by atoms with Gasteiger partial charge in [-0.15, -0.1) is 0 Å². The number of hydrogen-bond acceptors (Lipinski definition) is 5. The van der Waals surface area contributed by atoms with Crippen LogP contribution in [0.5, 0.6) is 0 Å². The van der Waals surface area contributed by atoms with Crippen molar-refractivity contribution >= 4 is 28.9 Å². The van der Waals surface area contributed by atoms with Gasteiger partial charge in [0.1, 0.15) is 6.61 Å². The first kappa shape index (κ1) is 19.0. The molecule has 6 nitrogen and oxygen atoms in total. The standard InChI is InChI=1S/C16H22N2O4S/c1-2-15(20)23-11-10-17-14(19)8-9-18-16(21)22-12-13-6-4-3-5-7-13/h3-7H,2,8-12H2,1H3,(H,17,19)(H,18,21). The topological polar surface area (TPSA) is 84.5 Å². The SMILES string of the molecule is CCC(=O)SCCNC(=O)CCNC(=O)OCc1ccccc1. The summed E-state index contributed by atoms with van der Waals surface area (Å²) in [5, 5.41) is 5.32. The van der Waals surface area contributed by atoms with Crippen LogP contribution in [0.2, 0.25) is 0 Å². The fraction of sp³-hybridized carbons (Fsp3) is 0.438. The maximum atomic E-state index is 11.5. The molecule has 0 atom stereocenters. The van der Waals surface area contributed by atoms with E-state index >= 15 is 0 Å². The normalized spacial score (nSPS) is 9.96. The molecule has 0 unspecified atom stereocenters. The van der Waals surface area contributed by atoms with Gasteiger partial charge in [-0.3, -0.25) is 9.59 Å². The number of amides is 2. The Balaban J connectivity index is 2.03. The van der Waals surface area contributed by atoms with Crippen molar-refractivity contribution in [3.63, 3.8) is 0 Å². The van der Waals surface area contributed by atoms with Gasteiger partial charge in [0.2, 0.25) is 5.91 Å². The van der Waals surface area contributed by atoms with Crippen LogP contribution in [0.4, 0.5) is 4.79 Å². The number of rotatable bonds is 9. The minimum Gasteiger partial charge on any atom is -0.445 e. The van der Waals surface area contributed by atoms with E-state index in [1.54, 1.807) is 6.92 Å². The molecular weight excluding hydrogens is 316 g/mol. The van der Waals surface area contributed by atoms with Gasteiger partial charge in [0.25, 0.3) is 0 Å². The van der Waals surface area contributed by atoms with Crippen molar-refractivity contribution in [3.05, 3.63) is 35.9 Å². The van der Waals surface area contributed by atoms with Gasteiger partial charge in [-0.25, -0.2) is 4.79 Å². The lowest BCUT2D eigenvalue weighted by molar-refractivity contribution is -0.120. The maximum Gasteiger partial charge on any atom is 0.407 e. The number of ether oxygens (including phenoxy) is 1. The molecule has 0 aromatic heterocycles. The first-order chi connectivity index (χ1) is 11.1. The average molecular weight is 338 g/mol. The molecule has 0 aliphatic rings. The van der Waals surface area contributed by atoms with Gasteiger partial charge in [-0.05, 0) is 5.56 Å². The molecule has 2 N–H and O–H groups in total. The predicted octanol–water partition coefficient (Wildman–Crippen LogP) is 2.09. The summed E-state index contributed by atoms with van der Waals surface area (Å²) in [7, 11) is 0. The Labute approximate surface area is 140 Å². The van der Waals surface area contributed by atoms with Crippen LogP contribution >= 0.6 is 11.8 Å². The van der Waals surface area contributed by atoms with E-state index in [2.05, 4.69) is 10.6 Å². The molecule has 1 rings (SSSR count). The highest BCUT2D eigenvalue weighted by Crippen LogP contribution is 2.03. The smallest absolute Gasteiger partial charge is 0.407 e. The van der Waals surface area contributed by atoms with Crippen LogP contribution in [0, 0.1) is 0 Å².